The van der Waals surface area contributed by atoms with E-state index in [1.165, 1.54) is 0 Å². The lowest BCUT2D eigenvalue weighted by molar-refractivity contribution is 0.0490. The van der Waals surface area contributed by atoms with Crippen molar-refractivity contribution in [2.24, 2.45) is 0 Å². The average molecular weight is 324 g/mol. The van der Waals surface area contributed by atoms with Crippen molar-refractivity contribution in [3.05, 3.63) is 11.7 Å². The van der Waals surface area contributed by atoms with Crippen LogP contribution in [0.2, 0.25) is 0 Å². The average Bonchev–Trinajstić information content (AvgIpc) is 2.84. The number of carbonyl (C=O) groups excluding carboxylic acids is 1. The molecule has 1 heterocycles. The lowest BCUT2D eigenvalue weighted by Gasteiger charge is -2.30. The van der Waals surface area contributed by atoms with Gasteiger partial charge in [-0.05, 0) is 46.5 Å². The van der Waals surface area contributed by atoms with Crippen molar-refractivity contribution >= 4 is 6.09 Å². The molecular formula is C16H28N4O3. The van der Waals surface area contributed by atoms with Crippen LogP contribution in [0, 0.1) is 6.92 Å². The van der Waals surface area contributed by atoms with Crippen LogP contribution in [-0.2, 0) is 11.2 Å². The minimum Gasteiger partial charge on any atom is -0.444 e. The fourth-order valence-electron chi connectivity index (χ4n) is 2.75. The van der Waals surface area contributed by atoms with Gasteiger partial charge in [-0.25, -0.2) is 4.79 Å². The van der Waals surface area contributed by atoms with Crippen LogP contribution in [0.1, 0.15) is 58.2 Å². The highest BCUT2D eigenvalue weighted by atomic mass is 16.6. The number of aromatic nitrogens is 2. The summed E-state index contributed by atoms with van der Waals surface area (Å²) in [6.07, 6.45) is 4.49. The zero-order chi connectivity index (χ0) is 16.9. The summed E-state index contributed by atoms with van der Waals surface area (Å²) >= 11 is 0. The molecule has 0 atom stereocenters. The fraction of sp³-hybridized carbons (Fsp3) is 0.812. The molecule has 1 aliphatic rings. The Kier molecular flexibility index (Phi) is 5.98. The van der Waals surface area contributed by atoms with E-state index in [0.717, 1.165) is 44.5 Å². The molecule has 2 N–H and O–H groups in total. The Morgan fingerprint density at radius 1 is 1.26 bits per heavy atom. The number of aryl methyl sites for hydroxylation is 1. The van der Waals surface area contributed by atoms with Crippen LogP contribution in [0.3, 0.4) is 0 Å². The van der Waals surface area contributed by atoms with E-state index < -0.39 is 5.60 Å². The summed E-state index contributed by atoms with van der Waals surface area (Å²) in [5.74, 6) is 1.35. The van der Waals surface area contributed by atoms with E-state index in [2.05, 4.69) is 20.8 Å². The SMILES string of the molecule is Cc1nc(CCNC2CCC(NC(=O)OC(C)(C)C)CC2)no1. The first-order valence-electron chi connectivity index (χ1n) is 8.34. The van der Waals surface area contributed by atoms with Crippen LogP contribution in [0.25, 0.3) is 0 Å². The van der Waals surface area contributed by atoms with Crippen molar-refractivity contribution in [3.8, 4) is 0 Å². The highest BCUT2D eigenvalue weighted by molar-refractivity contribution is 5.68. The second kappa shape index (κ2) is 7.77. The van der Waals surface area contributed by atoms with Gasteiger partial charge in [0.2, 0.25) is 5.89 Å². The number of nitrogens with one attached hydrogen (secondary N) is 2. The van der Waals surface area contributed by atoms with E-state index in [-0.39, 0.29) is 12.1 Å². The Hall–Kier alpha value is -1.63. The minimum absolute atomic E-state index is 0.211. The Balaban J connectivity index is 1.61. The zero-order valence-electron chi connectivity index (χ0n) is 14.5. The van der Waals surface area contributed by atoms with Crippen LogP contribution in [0.15, 0.2) is 4.52 Å². The van der Waals surface area contributed by atoms with Gasteiger partial charge < -0.3 is 19.9 Å². The standard InChI is InChI=1S/C16H28N4O3/c1-11-18-14(20-23-11)9-10-17-12-5-7-13(8-6-12)19-15(21)22-16(2,3)4/h12-13,17H,5-10H2,1-4H3,(H,19,21). The van der Waals surface area contributed by atoms with E-state index >= 15 is 0 Å². The molecule has 0 bridgehead atoms. The molecule has 0 saturated heterocycles. The maximum atomic E-state index is 11.8. The molecule has 0 spiro atoms. The number of amides is 1. The third kappa shape index (κ3) is 6.56. The van der Waals surface area contributed by atoms with Gasteiger partial charge in [-0.3, -0.25) is 0 Å². The second-order valence-corrected chi connectivity index (χ2v) is 7.13. The van der Waals surface area contributed by atoms with Crippen LogP contribution in [-0.4, -0.2) is 40.5 Å². The van der Waals surface area contributed by atoms with Gasteiger partial charge in [0.15, 0.2) is 5.82 Å². The Morgan fingerprint density at radius 3 is 2.48 bits per heavy atom. The summed E-state index contributed by atoms with van der Waals surface area (Å²) in [4.78, 5) is 16.0. The molecule has 1 aliphatic carbocycles. The number of hydrogen-bond acceptors (Lipinski definition) is 6. The Bertz CT molecular complexity index is 502. The molecule has 0 radical (unpaired) electrons. The summed E-state index contributed by atoms with van der Waals surface area (Å²) in [5.41, 5.74) is -0.448. The lowest BCUT2D eigenvalue weighted by atomic mass is 9.91. The first-order valence-corrected chi connectivity index (χ1v) is 8.34. The van der Waals surface area contributed by atoms with Gasteiger partial charge in [-0.15, -0.1) is 0 Å². The summed E-state index contributed by atoms with van der Waals surface area (Å²) in [7, 11) is 0. The molecule has 130 valence electrons. The van der Waals surface area contributed by atoms with Gasteiger partial charge in [0.25, 0.3) is 0 Å². The number of alkyl carbamates (subject to hydrolysis) is 1. The smallest absolute Gasteiger partial charge is 0.407 e. The topological polar surface area (TPSA) is 89.3 Å². The van der Waals surface area contributed by atoms with Crippen molar-refractivity contribution in [1.29, 1.82) is 0 Å². The first-order chi connectivity index (χ1) is 10.8. The zero-order valence-corrected chi connectivity index (χ0v) is 14.5. The van der Waals surface area contributed by atoms with Gasteiger partial charge in [0.05, 0.1) is 0 Å². The van der Waals surface area contributed by atoms with Crippen molar-refractivity contribution in [2.45, 2.75) is 77.5 Å². The molecule has 23 heavy (non-hydrogen) atoms. The molecule has 7 heteroatoms. The minimum atomic E-state index is -0.448. The fourth-order valence-corrected chi connectivity index (χ4v) is 2.75. The summed E-state index contributed by atoms with van der Waals surface area (Å²) in [5, 5.41) is 10.4. The maximum absolute atomic E-state index is 11.8. The highest BCUT2D eigenvalue weighted by Crippen LogP contribution is 2.19. The van der Waals surface area contributed by atoms with E-state index in [1.807, 2.05) is 20.8 Å². The van der Waals surface area contributed by atoms with Crippen LogP contribution in [0.5, 0.6) is 0 Å². The molecular weight excluding hydrogens is 296 g/mol. The molecule has 0 aliphatic heterocycles. The molecule has 1 fully saturated rings. The van der Waals surface area contributed by atoms with Gasteiger partial charge >= 0.3 is 6.09 Å². The van der Waals surface area contributed by atoms with E-state index in [0.29, 0.717) is 11.9 Å². The van der Waals surface area contributed by atoms with Gasteiger partial charge in [-0.2, -0.15) is 4.98 Å². The van der Waals surface area contributed by atoms with Gasteiger partial charge in [0, 0.05) is 32.0 Å². The third-order valence-electron chi connectivity index (χ3n) is 3.80. The molecule has 0 aromatic carbocycles. The lowest BCUT2D eigenvalue weighted by Crippen LogP contribution is -2.44. The Labute approximate surface area is 137 Å². The molecule has 1 aromatic rings. The molecule has 1 amide bonds. The van der Waals surface area contributed by atoms with Crippen molar-refractivity contribution in [1.82, 2.24) is 20.8 Å². The van der Waals surface area contributed by atoms with Crippen molar-refractivity contribution in [3.63, 3.8) is 0 Å². The van der Waals surface area contributed by atoms with E-state index in [1.54, 1.807) is 6.92 Å². The predicted molar refractivity (Wildman–Crippen MR) is 86.2 cm³/mol. The predicted octanol–water partition coefficient (Wildman–Crippen LogP) is 2.35. The molecule has 0 unspecified atom stereocenters. The number of nitrogens with zero attached hydrogens (tertiary/aromatic N) is 2. The number of ether oxygens (including phenoxy) is 1. The summed E-state index contributed by atoms with van der Waals surface area (Å²) in [6, 6.07) is 0.697. The van der Waals surface area contributed by atoms with Crippen LogP contribution in [0.4, 0.5) is 4.79 Å². The molecule has 2 rings (SSSR count). The second-order valence-electron chi connectivity index (χ2n) is 7.13. The molecule has 1 aromatic heterocycles. The Morgan fingerprint density at radius 2 is 1.91 bits per heavy atom. The maximum Gasteiger partial charge on any atom is 0.407 e. The summed E-state index contributed by atoms with van der Waals surface area (Å²) < 4.78 is 10.2. The largest absolute Gasteiger partial charge is 0.444 e. The summed E-state index contributed by atoms with van der Waals surface area (Å²) in [6.45, 7) is 8.26. The number of rotatable bonds is 5. The molecule has 7 nitrogen and oxygen atoms in total. The monoisotopic (exact) mass is 324 g/mol. The molecule has 1 saturated carbocycles. The van der Waals surface area contributed by atoms with Gasteiger partial charge in [-0.1, -0.05) is 5.16 Å². The van der Waals surface area contributed by atoms with Crippen molar-refractivity contribution < 1.29 is 14.1 Å². The highest BCUT2D eigenvalue weighted by Gasteiger charge is 2.24. The number of hydrogen-bond donors (Lipinski definition) is 2. The number of carbonyl (C=O) groups is 1. The van der Waals surface area contributed by atoms with Crippen LogP contribution >= 0.6 is 0 Å². The van der Waals surface area contributed by atoms with E-state index in [4.69, 9.17) is 9.26 Å². The quantitative estimate of drug-likeness (QED) is 0.864. The van der Waals surface area contributed by atoms with Crippen LogP contribution < -0.4 is 10.6 Å². The van der Waals surface area contributed by atoms with Gasteiger partial charge in [0.1, 0.15) is 5.60 Å². The van der Waals surface area contributed by atoms with Crippen molar-refractivity contribution in [2.75, 3.05) is 6.54 Å². The first kappa shape index (κ1) is 17.7. The van der Waals surface area contributed by atoms with E-state index in [9.17, 15) is 4.79 Å². The third-order valence-corrected chi connectivity index (χ3v) is 3.80. The normalized spacial score (nSPS) is 21.9.